The summed E-state index contributed by atoms with van der Waals surface area (Å²) in [6.45, 7) is 1.05. The lowest BCUT2D eigenvalue weighted by Crippen LogP contribution is -2.43. The number of nitrogens with zero attached hydrogens (tertiary/aromatic N) is 5. The van der Waals surface area contributed by atoms with Gasteiger partial charge in [-0.15, -0.1) is 11.3 Å². The Kier molecular flexibility index (Phi) is 7.05. The van der Waals surface area contributed by atoms with E-state index in [1.54, 1.807) is 11.9 Å². The number of hydrogen-bond donors (Lipinski definition) is 1. The first-order chi connectivity index (χ1) is 21.4. The molecule has 1 saturated carbocycles. The molecular formula is C31H28F6N6OS. The summed E-state index contributed by atoms with van der Waals surface area (Å²) in [7, 11) is 1.69. The first-order valence-electron chi connectivity index (χ1n) is 14.7. The van der Waals surface area contributed by atoms with Crippen molar-refractivity contribution in [2.24, 2.45) is 0 Å². The molecule has 45 heavy (non-hydrogen) atoms. The average Bonchev–Trinajstić information content (AvgIpc) is 3.60. The predicted molar refractivity (Wildman–Crippen MR) is 159 cm³/mol. The maximum atomic E-state index is 16.8. The summed E-state index contributed by atoms with van der Waals surface area (Å²) in [5, 5.41) is 9.28. The van der Waals surface area contributed by atoms with Crippen molar-refractivity contribution in [3.63, 3.8) is 0 Å². The van der Waals surface area contributed by atoms with Crippen molar-refractivity contribution in [1.29, 1.82) is 5.26 Å². The molecule has 3 fully saturated rings. The standard InChI is InChI=1S/C31H28F6N6OS/c1-42(16-4-2-5-16)28-18-10-20(31(35,36)37)23(17-6-7-21(33)26-22(17)19(12-38)27(39)45-26)24(34)25(18)40-29(41-28)44-14-30-8-3-9-43(30)13-15(32)11-30/h6-7,10,15-16H,2-5,8-9,11,13-14,39H2,1H3. The van der Waals surface area contributed by atoms with Crippen LogP contribution in [-0.2, 0) is 6.18 Å². The van der Waals surface area contributed by atoms with Crippen LogP contribution in [0.3, 0.4) is 0 Å². The highest BCUT2D eigenvalue weighted by Gasteiger charge is 2.49. The summed E-state index contributed by atoms with van der Waals surface area (Å²) >= 11 is 0.702. The highest BCUT2D eigenvalue weighted by molar-refractivity contribution is 7.23. The zero-order valence-corrected chi connectivity index (χ0v) is 25.0. The molecule has 2 N–H and O–H groups in total. The minimum Gasteiger partial charge on any atom is -0.461 e. The van der Waals surface area contributed by atoms with Gasteiger partial charge < -0.3 is 15.4 Å². The molecule has 0 amide bonds. The molecule has 3 aliphatic rings. The Labute approximate surface area is 258 Å². The third-order valence-corrected chi connectivity index (χ3v) is 10.6. The van der Waals surface area contributed by atoms with Gasteiger partial charge in [0.2, 0.25) is 0 Å². The fourth-order valence-corrected chi connectivity index (χ4v) is 8.06. The molecule has 2 aliphatic heterocycles. The van der Waals surface area contributed by atoms with Crippen molar-refractivity contribution in [3.05, 3.63) is 41.0 Å². The molecule has 2 atom stereocenters. The largest absolute Gasteiger partial charge is 0.461 e. The summed E-state index contributed by atoms with van der Waals surface area (Å²) in [4.78, 5) is 12.5. The first-order valence-corrected chi connectivity index (χ1v) is 15.5. The molecule has 2 saturated heterocycles. The Bertz CT molecular complexity index is 1890. The molecule has 7 rings (SSSR count). The zero-order chi connectivity index (χ0) is 31.8. The zero-order valence-electron chi connectivity index (χ0n) is 24.1. The van der Waals surface area contributed by atoms with E-state index in [9.17, 15) is 27.2 Å². The fraction of sp³-hybridized carbons (Fsp3) is 0.452. The molecule has 7 nitrogen and oxygen atoms in total. The minimum absolute atomic E-state index is 0.0252. The van der Waals surface area contributed by atoms with Gasteiger partial charge >= 0.3 is 12.2 Å². The van der Waals surface area contributed by atoms with Crippen molar-refractivity contribution in [1.82, 2.24) is 14.9 Å². The topological polar surface area (TPSA) is 91.3 Å². The van der Waals surface area contributed by atoms with Gasteiger partial charge in [0.05, 0.1) is 21.4 Å². The quantitative estimate of drug-likeness (QED) is 0.222. The van der Waals surface area contributed by atoms with Crippen molar-refractivity contribution >= 4 is 43.1 Å². The number of nitrogen functional groups attached to an aromatic ring is 1. The molecule has 2 aromatic carbocycles. The van der Waals surface area contributed by atoms with Crippen LogP contribution in [0.5, 0.6) is 6.01 Å². The Morgan fingerprint density at radius 2 is 2.00 bits per heavy atom. The van der Waals surface area contributed by atoms with E-state index in [0.717, 1.165) is 50.4 Å². The summed E-state index contributed by atoms with van der Waals surface area (Å²) < 4.78 is 96.2. The van der Waals surface area contributed by atoms with Gasteiger partial charge in [-0.05, 0) is 56.3 Å². The van der Waals surface area contributed by atoms with E-state index in [1.165, 1.54) is 0 Å². The number of fused-ring (bicyclic) bond motifs is 3. The van der Waals surface area contributed by atoms with Crippen molar-refractivity contribution < 1.29 is 31.1 Å². The number of anilines is 2. The van der Waals surface area contributed by atoms with Gasteiger partial charge in [0, 0.05) is 42.4 Å². The molecule has 4 heterocycles. The molecule has 14 heteroatoms. The van der Waals surface area contributed by atoms with Crippen molar-refractivity contribution in [3.8, 4) is 23.2 Å². The molecule has 236 valence electrons. The Balaban J connectivity index is 1.45. The van der Waals surface area contributed by atoms with Crippen LogP contribution in [0.15, 0.2) is 18.2 Å². The predicted octanol–water partition coefficient (Wildman–Crippen LogP) is 7.21. The van der Waals surface area contributed by atoms with Gasteiger partial charge in [0.15, 0.2) is 5.82 Å². The normalized spacial score (nSPS) is 22.1. The summed E-state index contributed by atoms with van der Waals surface area (Å²) in [5.41, 5.74) is 2.17. The van der Waals surface area contributed by atoms with Crippen LogP contribution in [-0.4, -0.2) is 59.4 Å². The second-order valence-electron chi connectivity index (χ2n) is 12.1. The lowest BCUT2D eigenvalue weighted by Gasteiger charge is -2.36. The van der Waals surface area contributed by atoms with E-state index >= 15 is 4.39 Å². The highest BCUT2D eigenvalue weighted by atomic mass is 32.1. The van der Waals surface area contributed by atoms with Crippen LogP contribution in [0.1, 0.15) is 49.7 Å². The molecule has 1 aliphatic carbocycles. The number of aromatic nitrogens is 2. The second kappa shape index (κ2) is 10.6. The van der Waals surface area contributed by atoms with E-state index in [0.29, 0.717) is 24.3 Å². The molecule has 4 aromatic rings. The van der Waals surface area contributed by atoms with Gasteiger partial charge in [-0.1, -0.05) is 6.07 Å². The number of rotatable bonds is 6. The number of alkyl halides is 4. The Morgan fingerprint density at radius 1 is 1.22 bits per heavy atom. The minimum atomic E-state index is -5.04. The van der Waals surface area contributed by atoms with Gasteiger partial charge in [-0.2, -0.15) is 28.4 Å². The van der Waals surface area contributed by atoms with E-state index < -0.39 is 46.2 Å². The van der Waals surface area contributed by atoms with Crippen molar-refractivity contribution in [2.75, 3.05) is 37.4 Å². The van der Waals surface area contributed by atoms with Crippen LogP contribution in [0.2, 0.25) is 0 Å². The Morgan fingerprint density at radius 3 is 2.69 bits per heavy atom. The SMILES string of the molecule is CN(c1nc(OCC23CCCN2CC(F)C3)nc2c(F)c(-c3ccc(F)c4sc(N)c(C#N)c34)c(C(F)(F)F)cc12)C1CCC1. The number of nitriles is 1. The van der Waals surface area contributed by atoms with Gasteiger partial charge in [-0.3, -0.25) is 4.90 Å². The van der Waals surface area contributed by atoms with Crippen LogP contribution >= 0.6 is 11.3 Å². The summed E-state index contributed by atoms with van der Waals surface area (Å²) in [6.07, 6.45) is -1.71. The van der Waals surface area contributed by atoms with E-state index in [-0.39, 0.29) is 62.5 Å². The highest BCUT2D eigenvalue weighted by Crippen LogP contribution is 2.48. The molecule has 2 unspecified atom stereocenters. The number of hydrogen-bond acceptors (Lipinski definition) is 8. The smallest absolute Gasteiger partial charge is 0.417 e. The molecule has 2 aromatic heterocycles. The lowest BCUT2D eigenvalue weighted by atomic mass is 9.90. The van der Waals surface area contributed by atoms with Crippen LogP contribution in [0.4, 0.5) is 37.2 Å². The molecule has 0 spiro atoms. The number of halogens is 6. The van der Waals surface area contributed by atoms with E-state index in [4.69, 9.17) is 10.5 Å². The third kappa shape index (κ3) is 4.74. The first kappa shape index (κ1) is 29.9. The summed E-state index contributed by atoms with van der Waals surface area (Å²) in [6, 6.07) is 4.31. The van der Waals surface area contributed by atoms with Gasteiger partial charge in [0.25, 0.3) is 0 Å². The average molecular weight is 647 g/mol. The maximum absolute atomic E-state index is 16.8. The second-order valence-corrected chi connectivity index (χ2v) is 13.2. The summed E-state index contributed by atoms with van der Waals surface area (Å²) in [5.74, 6) is -2.04. The fourth-order valence-electron chi connectivity index (χ4n) is 7.11. The molecule has 0 radical (unpaired) electrons. The monoisotopic (exact) mass is 646 g/mol. The molecule has 0 bridgehead atoms. The number of ether oxygens (including phenoxy) is 1. The van der Waals surface area contributed by atoms with E-state index in [2.05, 4.69) is 9.97 Å². The lowest BCUT2D eigenvalue weighted by molar-refractivity contribution is -0.137. The van der Waals surface area contributed by atoms with Crippen molar-refractivity contribution in [2.45, 2.75) is 62.5 Å². The van der Waals surface area contributed by atoms with E-state index in [1.807, 2.05) is 11.0 Å². The van der Waals surface area contributed by atoms with Crippen LogP contribution < -0.4 is 15.4 Å². The van der Waals surface area contributed by atoms with Crippen LogP contribution in [0, 0.1) is 23.0 Å². The van der Waals surface area contributed by atoms with Crippen LogP contribution in [0.25, 0.3) is 32.1 Å². The molecular weight excluding hydrogens is 618 g/mol. The van der Waals surface area contributed by atoms with Gasteiger partial charge in [-0.25, -0.2) is 13.2 Å². The number of benzene rings is 2. The number of thiophene rings is 1. The Hall–Kier alpha value is -3.83. The third-order valence-electron chi connectivity index (χ3n) is 9.58. The maximum Gasteiger partial charge on any atom is 0.417 e. The van der Waals surface area contributed by atoms with Gasteiger partial charge in [0.1, 0.15) is 41.0 Å². The number of nitrogens with two attached hydrogens (primary N) is 1.